The van der Waals surface area contributed by atoms with Gasteiger partial charge in [0.15, 0.2) is 9.84 Å². The van der Waals surface area contributed by atoms with E-state index in [0.717, 1.165) is 24.1 Å². The lowest BCUT2D eigenvalue weighted by Gasteiger charge is -2.29. The number of aromatic nitrogens is 1. The molecule has 4 rings (SSSR count). The van der Waals surface area contributed by atoms with Gasteiger partial charge in [-0.2, -0.15) is 0 Å². The van der Waals surface area contributed by atoms with Crippen LogP contribution in [0, 0.1) is 20.8 Å². The molecule has 160 valence electrons. The van der Waals surface area contributed by atoms with Crippen LogP contribution in [0.15, 0.2) is 59.5 Å². The summed E-state index contributed by atoms with van der Waals surface area (Å²) < 4.78 is 26.2. The van der Waals surface area contributed by atoms with E-state index in [1.54, 1.807) is 49.1 Å². The second kappa shape index (κ2) is 8.27. The number of fused-ring (bicyclic) bond motifs is 1. The van der Waals surface area contributed by atoms with Crippen LogP contribution in [-0.2, 0) is 22.0 Å². The average Bonchev–Trinajstić information content (AvgIpc) is 2.72. The standard InChI is InChI=1S/C25H26N2O3S/c1-17-12-13-23-20(15-17)9-6-14-27(23)25(28)22-11-5-10-21(26-22)16-31(29,30)24-18(2)7-4-8-19(24)3/h4-5,7-8,10-13,15H,6,9,14,16H2,1-3H3. The minimum absolute atomic E-state index is 0.198. The predicted molar refractivity (Wildman–Crippen MR) is 122 cm³/mol. The van der Waals surface area contributed by atoms with Crippen LogP contribution in [-0.4, -0.2) is 25.9 Å². The second-order valence-electron chi connectivity index (χ2n) is 8.19. The number of carbonyl (C=O) groups is 1. The van der Waals surface area contributed by atoms with Crippen LogP contribution < -0.4 is 4.90 Å². The van der Waals surface area contributed by atoms with Gasteiger partial charge in [0.1, 0.15) is 5.69 Å². The van der Waals surface area contributed by atoms with Gasteiger partial charge in [0, 0.05) is 12.2 Å². The van der Waals surface area contributed by atoms with E-state index in [-0.39, 0.29) is 17.4 Å². The van der Waals surface area contributed by atoms with Crippen molar-refractivity contribution in [1.82, 2.24) is 4.98 Å². The van der Waals surface area contributed by atoms with Crippen LogP contribution in [0.1, 0.15) is 44.9 Å². The Hall–Kier alpha value is -2.99. The zero-order valence-electron chi connectivity index (χ0n) is 18.1. The van der Waals surface area contributed by atoms with Crippen molar-refractivity contribution in [1.29, 1.82) is 0 Å². The van der Waals surface area contributed by atoms with Crippen molar-refractivity contribution in [2.75, 3.05) is 11.4 Å². The number of hydrogen-bond acceptors (Lipinski definition) is 4. The van der Waals surface area contributed by atoms with Gasteiger partial charge < -0.3 is 4.90 Å². The minimum atomic E-state index is -3.58. The fourth-order valence-corrected chi connectivity index (χ4v) is 6.12. The Bertz CT molecular complexity index is 1250. The Morgan fingerprint density at radius 1 is 1.00 bits per heavy atom. The third kappa shape index (κ3) is 4.26. The molecule has 3 aromatic rings. The molecule has 1 amide bonds. The smallest absolute Gasteiger partial charge is 0.276 e. The normalized spacial score (nSPS) is 13.7. The zero-order chi connectivity index (χ0) is 22.2. The maximum Gasteiger partial charge on any atom is 0.276 e. The monoisotopic (exact) mass is 434 g/mol. The summed E-state index contributed by atoms with van der Waals surface area (Å²) in [7, 11) is -3.58. The molecule has 1 aromatic heterocycles. The number of aryl methyl sites for hydroxylation is 4. The molecule has 31 heavy (non-hydrogen) atoms. The molecule has 0 aliphatic carbocycles. The van der Waals surface area contributed by atoms with Crippen molar-refractivity contribution in [3.63, 3.8) is 0 Å². The van der Waals surface area contributed by atoms with Gasteiger partial charge in [-0.05, 0) is 68.5 Å². The molecule has 0 fully saturated rings. The van der Waals surface area contributed by atoms with Crippen molar-refractivity contribution in [2.45, 2.75) is 44.3 Å². The van der Waals surface area contributed by atoms with Crippen LogP contribution in [0.25, 0.3) is 0 Å². The Kier molecular flexibility index (Phi) is 5.67. The first kappa shape index (κ1) is 21.2. The van der Waals surface area contributed by atoms with Crippen LogP contribution in [0.2, 0.25) is 0 Å². The topological polar surface area (TPSA) is 67.3 Å². The molecule has 0 saturated carbocycles. The highest BCUT2D eigenvalue weighted by Crippen LogP contribution is 2.29. The van der Waals surface area contributed by atoms with Gasteiger partial charge in [-0.15, -0.1) is 0 Å². The molecular weight excluding hydrogens is 408 g/mol. The van der Waals surface area contributed by atoms with Gasteiger partial charge in [0.05, 0.1) is 16.3 Å². The van der Waals surface area contributed by atoms with Crippen molar-refractivity contribution >= 4 is 21.4 Å². The molecule has 2 heterocycles. The lowest BCUT2D eigenvalue weighted by molar-refractivity contribution is 0.0980. The third-order valence-corrected chi connectivity index (χ3v) is 7.62. The van der Waals surface area contributed by atoms with E-state index in [4.69, 9.17) is 0 Å². The average molecular weight is 435 g/mol. The van der Waals surface area contributed by atoms with Crippen LogP contribution >= 0.6 is 0 Å². The van der Waals surface area contributed by atoms with Gasteiger partial charge in [-0.1, -0.05) is 42.0 Å². The minimum Gasteiger partial charge on any atom is -0.307 e. The molecule has 1 aliphatic heterocycles. The molecule has 6 heteroatoms. The number of rotatable bonds is 4. The highest BCUT2D eigenvalue weighted by Gasteiger charge is 2.26. The highest BCUT2D eigenvalue weighted by molar-refractivity contribution is 7.90. The molecular formula is C25H26N2O3S. The Morgan fingerprint density at radius 2 is 1.71 bits per heavy atom. The fourth-order valence-electron chi connectivity index (χ4n) is 4.31. The summed E-state index contributed by atoms with van der Waals surface area (Å²) >= 11 is 0. The van der Waals surface area contributed by atoms with E-state index in [1.807, 2.05) is 25.1 Å². The summed E-state index contributed by atoms with van der Waals surface area (Å²) in [5.41, 5.74) is 5.31. The molecule has 0 spiro atoms. The van der Waals surface area contributed by atoms with E-state index in [0.29, 0.717) is 28.3 Å². The summed E-state index contributed by atoms with van der Waals surface area (Å²) in [4.78, 5) is 19.8. The van der Waals surface area contributed by atoms with Crippen LogP contribution in [0.3, 0.4) is 0 Å². The Labute approximate surface area is 183 Å². The number of hydrogen-bond donors (Lipinski definition) is 0. The van der Waals surface area contributed by atoms with E-state index in [1.165, 1.54) is 5.56 Å². The third-order valence-electron chi connectivity index (χ3n) is 5.68. The second-order valence-corrected chi connectivity index (χ2v) is 10.1. The van der Waals surface area contributed by atoms with Crippen LogP contribution in [0.5, 0.6) is 0 Å². The van der Waals surface area contributed by atoms with Crippen molar-refractivity contribution in [3.05, 3.63) is 88.2 Å². The molecule has 0 unspecified atom stereocenters. The van der Waals surface area contributed by atoms with Crippen molar-refractivity contribution in [2.24, 2.45) is 0 Å². The molecule has 5 nitrogen and oxygen atoms in total. The number of nitrogens with zero attached hydrogens (tertiary/aromatic N) is 2. The fraction of sp³-hybridized carbons (Fsp3) is 0.280. The molecule has 1 aliphatic rings. The van der Waals surface area contributed by atoms with Gasteiger partial charge in [0.2, 0.25) is 0 Å². The predicted octanol–water partition coefficient (Wildman–Crippen LogP) is 4.57. The number of benzene rings is 2. The summed E-state index contributed by atoms with van der Waals surface area (Å²) in [5, 5.41) is 0. The molecule has 0 radical (unpaired) electrons. The molecule has 2 aromatic carbocycles. The number of carbonyl (C=O) groups excluding carboxylic acids is 1. The summed E-state index contributed by atoms with van der Waals surface area (Å²) in [6.07, 6.45) is 1.84. The lowest BCUT2D eigenvalue weighted by Crippen LogP contribution is -2.36. The first-order valence-corrected chi connectivity index (χ1v) is 12.1. The lowest BCUT2D eigenvalue weighted by atomic mass is 9.99. The zero-order valence-corrected chi connectivity index (χ0v) is 18.9. The van der Waals surface area contributed by atoms with Crippen molar-refractivity contribution < 1.29 is 13.2 Å². The molecule has 0 bridgehead atoms. The Morgan fingerprint density at radius 3 is 2.45 bits per heavy atom. The van der Waals surface area contributed by atoms with E-state index >= 15 is 0 Å². The van der Waals surface area contributed by atoms with E-state index in [2.05, 4.69) is 11.1 Å². The molecule has 0 saturated heterocycles. The number of anilines is 1. The van der Waals surface area contributed by atoms with E-state index in [9.17, 15) is 13.2 Å². The Balaban J connectivity index is 1.63. The maximum atomic E-state index is 13.3. The van der Waals surface area contributed by atoms with Crippen LogP contribution in [0.4, 0.5) is 5.69 Å². The summed E-state index contributed by atoms with van der Waals surface area (Å²) in [6.45, 7) is 6.26. The SMILES string of the molecule is Cc1ccc2c(c1)CCCN2C(=O)c1cccc(CS(=O)(=O)c2c(C)cccc2C)n1. The van der Waals surface area contributed by atoms with Crippen molar-refractivity contribution in [3.8, 4) is 0 Å². The van der Waals surface area contributed by atoms with Gasteiger partial charge >= 0.3 is 0 Å². The first-order valence-electron chi connectivity index (χ1n) is 10.4. The maximum absolute atomic E-state index is 13.3. The van der Waals surface area contributed by atoms with Gasteiger partial charge in [0.25, 0.3) is 5.91 Å². The largest absolute Gasteiger partial charge is 0.307 e. The quantitative estimate of drug-likeness (QED) is 0.603. The first-order chi connectivity index (χ1) is 14.8. The summed E-state index contributed by atoms with van der Waals surface area (Å²) in [6, 6.07) is 16.6. The highest BCUT2D eigenvalue weighted by atomic mass is 32.2. The molecule has 0 N–H and O–H groups in total. The molecule has 0 atom stereocenters. The summed E-state index contributed by atoms with van der Waals surface area (Å²) in [5.74, 6) is -0.439. The number of sulfone groups is 1. The number of pyridine rings is 1. The number of amides is 1. The van der Waals surface area contributed by atoms with Gasteiger partial charge in [-0.25, -0.2) is 13.4 Å². The van der Waals surface area contributed by atoms with E-state index < -0.39 is 9.84 Å². The van der Waals surface area contributed by atoms with Gasteiger partial charge in [-0.3, -0.25) is 4.79 Å².